The van der Waals surface area contributed by atoms with Gasteiger partial charge in [0, 0.05) is 24.9 Å². The molecule has 1 aliphatic rings. The van der Waals surface area contributed by atoms with Gasteiger partial charge in [-0.15, -0.1) is 22.7 Å². The molecule has 0 unspecified atom stereocenters. The highest BCUT2D eigenvalue weighted by atomic mass is 32.1. The molecule has 0 radical (unpaired) electrons. The predicted molar refractivity (Wildman–Crippen MR) is 166 cm³/mol. The van der Waals surface area contributed by atoms with Gasteiger partial charge in [0.2, 0.25) is 0 Å². The second-order valence-corrected chi connectivity index (χ2v) is 13.5. The van der Waals surface area contributed by atoms with Crippen LogP contribution in [0.25, 0.3) is 31.3 Å². The van der Waals surface area contributed by atoms with E-state index in [1.165, 1.54) is 106 Å². The Morgan fingerprint density at radius 3 is 1.81 bits per heavy atom. The molecule has 0 atom stereocenters. The number of benzene rings is 2. The molecule has 0 saturated heterocycles. The van der Waals surface area contributed by atoms with Gasteiger partial charge in [-0.2, -0.15) is 0 Å². The van der Waals surface area contributed by atoms with E-state index in [1.807, 2.05) is 22.7 Å². The van der Waals surface area contributed by atoms with E-state index in [-0.39, 0.29) is 5.41 Å². The van der Waals surface area contributed by atoms with Gasteiger partial charge in [-0.3, -0.25) is 0 Å². The smallest absolute Gasteiger partial charge is 0.0449 e. The van der Waals surface area contributed by atoms with E-state index >= 15 is 0 Å². The monoisotopic (exact) mass is 526 g/mol. The van der Waals surface area contributed by atoms with E-state index in [9.17, 15) is 0 Å². The second kappa shape index (κ2) is 11.7. The number of fused-ring (bicyclic) bond motifs is 3. The molecule has 0 amide bonds. The third-order valence-electron chi connectivity index (χ3n) is 8.30. The van der Waals surface area contributed by atoms with Gasteiger partial charge >= 0.3 is 0 Å². The Bertz CT molecular complexity index is 1320. The lowest BCUT2D eigenvalue weighted by Crippen LogP contribution is -2.25. The zero-order chi connectivity index (χ0) is 25.8. The number of rotatable bonds is 12. The van der Waals surface area contributed by atoms with Crippen molar-refractivity contribution in [3.05, 3.63) is 82.2 Å². The second-order valence-electron chi connectivity index (χ2n) is 11.1. The first-order chi connectivity index (χ1) is 18.1. The Kier molecular flexibility index (Phi) is 8.37. The SMILES string of the molecule is CCCCCCC1(CCCCCC)c2cc(C)ccc2-c2ccc(-c3ccc(-c4ccc(C)s4)s3)cc21. The number of hydrogen-bond acceptors (Lipinski definition) is 2. The summed E-state index contributed by atoms with van der Waals surface area (Å²) in [5.41, 5.74) is 9.11. The maximum absolute atomic E-state index is 2.58. The van der Waals surface area contributed by atoms with Crippen molar-refractivity contribution in [1.82, 2.24) is 0 Å². The largest absolute Gasteiger partial charge is 0.140 e. The van der Waals surface area contributed by atoms with Crippen molar-refractivity contribution in [1.29, 1.82) is 0 Å². The van der Waals surface area contributed by atoms with E-state index in [0.29, 0.717) is 0 Å². The highest BCUT2D eigenvalue weighted by Gasteiger charge is 2.42. The predicted octanol–water partition coefficient (Wildman–Crippen LogP) is 12.0. The van der Waals surface area contributed by atoms with Gasteiger partial charge in [0.05, 0.1) is 0 Å². The molecule has 1 aliphatic carbocycles. The summed E-state index contributed by atoms with van der Waals surface area (Å²) in [7, 11) is 0. The highest BCUT2D eigenvalue weighted by Crippen LogP contribution is 2.55. The molecular formula is C35H42S2. The van der Waals surface area contributed by atoms with Crippen LogP contribution in [0.4, 0.5) is 0 Å². The normalized spacial score (nSPS) is 13.6. The summed E-state index contributed by atoms with van der Waals surface area (Å²) in [6.45, 7) is 9.11. The molecule has 0 aliphatic heterocycles. The molecule has 5 rings (SSSR count). The fourth-order valence-corrected chi connectivity index (χ4v) is 8.29. The Morgan fingerprint density at radius 1 is 0.568 bits per heavy atom. The Morgan fingerprint density at radius 2 is 1.16 bits per heavy atom. The molecule has 0 saturated carbocycles. The van der Waals surface area contributed by atoms with Crippen LogP contribution in [0, 0.1) is 13.8 Å². The van der Waals surface area contributed by atoms with E-state index < -0.39 is 0 Å². The van der Waals surface area contributed by atoms with Gasteiger partial charge in [0.25, 0.3) is 0 Å². The first-order valence-electron chi connectivity index (χ1n) is 14.5. The zero-order valence-electron chi connectivity index (χ0n) is 23.2. The molecule has 2 heteroatoms. The molecule has 0 N–H and O–H groups in total. The summed E-state index contributed by atoms with van der Waals surface area (Å²) in [6.07, 6.45) is 13.2. The van der Waals surface area contributed by atoms with Crippen molar-refractivity contribution >= 4 is 22.7 Å². The Labute approximate surface area is 232 Å². The van der Waals surface area contributed by atoms with Crippen LogP contribution in [0.3, 0.4) is 0 Å². The van der Waals surface area contributed by atoms with Crippen LogP contribution in [0.15, 0.2) is 60.7 Å². The molecule has 0 nitrogen and oxygen atoms in total. The number of hydrogen-bond donors (Lipinski definition) is 0. The summed E-state index contributed by atoms with van der Waals surface area (Å²) in [4.78, 5) is 5.55. The van der Waals surface area contributed by atoms with Crippen molar-refractivity contribution in [2.75, 3.05) is 0 Å². The average Bonchev–Trinajstić information content (AvgIpc) is 3.62. The van der Waals surface area contributed by atoms with Gasteiger partial charge in [-0.1, -0.05) is 101 Å². The quantitative estimate of drug-likeness (QED) is 0.161. The van der Waals surface area contributed by atoms with Gasteiger partial charge in [0.1, 0.15) is 0 Å². The summed E-state index contributed by atoms with van der Waals surface area (Å²) in [5.74, 6) is 0. The van der Waals surface area contributed by atoms with Crippen LogP contribution < -0.4 is 0 Å². The van der Waals surface area contributed by atoms with Crippen molar-refractivity contribution in [3.63, 3.8) is 0 Å². The van der Waals surface area contributed by atoms with Crippen LogP contribution in [0.2, 0.25) is 0 Å². The first kappa shape index (κ1) is 26.4. The Hall–Kier alpha value is -2.16. The number of unbranched alkanes of at least 4 members (excludes halogenated alkanes) is 6. The van der Waals surface area contributed by atoms with Crippen molar-refractivity contribution in [2.24, 2.45) is 0 Å². The van der Waals surface area contributed by atoms with E-state index in [4.69, 9.17) is 0 Å². The third-order valence-corrected chi connectivity index (χ3v) is 10.6. The fourth-order valence-electron chi connectivity index (χ4n) is 6.33. The van der Waals surface area contributed by atoms with Crippen molar-refractivity contribution in [2.45, 2.75) is 97.3 Å². The minimum absolute atomic E-state index is 0.152. The maximum Gasteiger partial charge on any atom is 0.0449 e. The fraction of sp³-hybridized carbons (Fsp3) is 0.429. The summed E-state index contributed by atoms with van der Waals surface area (Å²) in [5, 5.41) is 0. The van der Waals surface area contributed by atoms with Gasteiger partial charge in [0.15, 0.2) is 0 Å². The molecule has 2 heterocycles. The molecule has 0 spiro atoms. The topological polar surface area (TPSA) is 0 Å². The van der Waals surface area contributed by atoms with Crippen LogP contribution in [-0.2, 0) is 5.41 Å². The van der Waals surface area contributed by atoms with Crippen molar-refractivity contribution < 1.29 is 0 Å². The lowest BCUT2D eigenvalue weighted by Gasteiger charge is -2.33. The van der Waals surface area contributed by atoms with E-state index in [2.05, 4.69) is 88.4 Å². The molecule has 0 fully saturated rings. The summed E-state index contributed by atoms with van der Waals surface area (Å²) in [6, 6.07) is 23.8. The van der Waals surface area contributed by atoms with Crippen LogP contribution in [-0.4, -0.2) is 0 Å². The van der Waals surface area contributed by atoms with Crippen molar-refractivity contribution in [3.8, 4) is 31.3 Å². The lowest BCUT2D eigenvalue weighted by molar-refractivity contribution is 0.401. The van der Waals surface area contributed by atoms with Gasteiger partial charge in [-0.05, 0) is 84.8 Å². The molecular weight excluding hydrogens is 485 g/mol. The van der Waals surface area contributed by atoms with Gasteiger partial charge < -0.3 is 0 Å². The molecule has 37 heavy (non-hydrogen) atoms. The molecule has 2 aromatic heterocycles. The zero-order valence-corrected chi connectivity index (χ0v) is 24.8. The molecule has 2 aromatic carbocycles. The minimum Gasteiger partial charge on any atom is -0.140 e. The standard InChI is InChI=1S/C35H42S2/c1-5-7-9-11-21-35(22-12-10-8-6-2)30-23-25(3)13-16-28(30)29-17-15-27(24-31(29)35)32-19-20-34(37-32)33-18-14-26(4)36-33/h13-20,23-24H,5-12,21-22H2,1-4H3. The average molecular weight is 527 g/mol. The molecule has 0 bridgehead atoms. The van der Waals surface area contributed by atoms with Crippen LogP contribution in [0.5, 0.6) is 0 Å². The highest BCUT2D eigenvalue weighted by molar-refractivity contribution is 7.23. The van der Waals surface area contributed by atoms with E-state index in [0.717, 1.165) is 0 Å². The Balaban J connectivity index is 1.57. The van der Waals surface area contributed by atoms with Crippen LogP contribution >= 0.6 is 22.7 Å². The summed E-state index contributed by atoms with van der Waals surface area (Å²) >= 11 is 3.84. The third kappa shape index (κ3) is 5.38. The van der Waals surface area contributed by atoms with Crippen LogP contribution in [0.1, 0.15) is 99.6 Å². The minimum atomic E-state index is 0.152. The molecule has 4 aromatic rings. The lowest BCUT2D eigenvalue weighted by atomic mass is 9.70. The maximum atomic E-state index is 2.58. The number of thiophene rings is 2. The number of aryl methyl sites for hydroxylation is 2. The molecule has 194 valence electrons. The van der Waals surface area contributed by atoms with E-state index in [1.54, 1.807) is 11.1 Å². The van der Waals surface area contributed by atoms with Gasteiger partial charge in [-0.25, -0.2) is 0 Å². The first-order valence-corrected chi connectivity index (χ1v) is 16.1. The summed E-state index contributed by atoms with van der Waals surface area (Å²) < 4.78 is 0.